The average Bonchev–Trinajstić information content (AvgIpc) is 2.83. The number of para-hydroxylation sites is 1. The number of hydrogen-bond acceptors (Lipinski definition) is 2. The van der Waals surface area contributed by atoms with Crippen molar-refractivity contribution in [1.29, 1.82) is 0 Å². The van der Waals surface area contributed by atoms with Crippen molar-refractivity contribution in [2.24, 2.45) is 0 Å². The zero-order chi connectivity index (χ0) is 14.5. The van der Waals surface area contributed by atoms with Crippen molar-refractivity contribution in [2.75, 3.05) is 6.61 Å². The number of hydrogen-bond donors (Lipinski definition) is 3. The predicted octanol–water partition coefficient (Wildman–Crippen LogP) is 2.30. The number of aryl methyl sites for hydroxylation is 1. The molecule has 108 valence electrons. The molecule has 20 heavy (non-hydrogen) atoms. The molecule has 2 rings (SSSR count). The first-order chi connectivity index (χ1) is 9.65. The largest absolute Gasteiger partial charge is 0.396 e. The number of benzene rings is 1. The Morgan fingerprint density at radius 2 is 2.25 bits per heavy atom. The maximum Gasteiger partial charge on any atom is 0.224 e. The highest BCUT2D eigenvalue weighted by molar-refractivity contribution is 5.90. The molecule has 0 fully saturated rings. The molecule has 4 heteroatoms. The van der Waals surface area contributed by atoms with Crippen molar-refractivity contribution in [3.63, 3.8) is 0 Å². The minimum absolute atomic E-state index is 0.00714. The van der Waals surface area contributed by atoms with Crippen molar-refractivity contribution in [3.05, 3.63) is 35.5 Å². The van der Waals surface area contributed by atoms with Crippen LogP contribution in [0.4, 0.5) is 0 Å². The second kappa shape index (κ2) is 6.57. The summed E-state index contributed by atoms with van der Waals surface area (Å²) in [6.45, 7) is 4.16. The summed E-state index contributed by atoms with van der Waals surface area (Å²) in [5.41, 5.74) is 3.29. The van der Waals surface area contributed by atoms with E-state index in [4.69, 9.17) is 5.11 Å². The highest BCUT2D eigenvalue weighted by atomic mass is 16.3. The summed E-state index contributed by atoms with van der Waals surface area (Å²) in [6, 6.07) is 6.15. The average molecular weight is 274 g/mol. The molecular weight excluding hydrogens is 252 g/mol. The van der Waals surface area contributed by atoms with Crippen LogP contribution >= 0.6 is 0 Å². The molecule has 0 radical (unpaired) electrons. The van der Waals surface area contributed by atoms with Gasteiger partial charge in [0.25, 0.3) is 0 Å². The minimum atomic E-state index is 0.00714. The van der Waals surface area contributed by atoms with E-state index in [0.29, 0.717) is 12.8 Å². The van der Waals surface area contributed by atoms with Gasteiger partial charge in [-0.2, -0.15) is 0 Å². The standard InChI is InChI=1S/C16H22N2O2/c1-3-13(7-8-19)18-15(20)9-12-10-17-16-11(2)5-4-6-14(12)16/h4-6,10,13,17,19H,3,7-9H2,1-2H3,(H,18,20). The minimum Gasteiger partial charge on any atom is -0.396 e. The van der Waals surface area contributed by atoms with Gasteiger partial charge in [-0.05, 0) is 30.9 Å². The van der Waals surface area contributed by atoms with Crippen LogP contribution in [0, 0.1) is 6.92 Å². The van der Waals surface area contributed by atoms with E-state index >= 15 is 0 Å². The highest BCUT2D eigenvalue weighted by Crippen LogP contribution is 2.21. The number of carbonyl (C=O) groups excluding carboxylic acids is 1. The lowest BCUT2D eigenvalue weighted by Gasteiger charge is -2.15. The van der Waals surface area contributed by atoms with Gasteiger partial charge in [-0.3, -0.25) is 4.79 Å². The lowest BCUT2D eigenvalue weighted by molar-refractivity contribution is -0.121. The molecule has 0 bridgehead atoms. The van der Waals surface area contributed by atoms with Gasteiger partial charge < -0.3 is 15.4 Å². The number of rotatable bonds is 6. The molecule has 0 saturated carbocycles. The third-order valence-corrected chi connectivity index (χ3v) is 3.70. The Labute approximate surface area is 119 Å². The fourth-order valence-corrected chi connectivity index (χ4v) is 2.50. The number of H-pyrrole nitrogens is 1. The molecule has 0 spiro atoms. The Morgan fingerprint density at radius 1 is 1.45 bits per heavy atom. The quantitative estimate of drug-likeness (QED) is 0.756. The summed E-state index contributed by atoms with van der Waals surface area (Å²) >= 11 is 0. The van der Waals surface area contributed by atoms with Gasteiger partial charge in [-0.25, -0.2) is 0 Å². The first kappa shape index (κ1) is 14.6. The van der Waals surface area contributed by atoms with E-state index in [1.807, 2.05) is 25.3 Å². The van der Waals surface area contributed by atoms with Crippen molar-refractivity contribution in [2.45, 2.75) is 39.2 Å². The highest BCUT2D eigenvalue weighted by Gasteiger charge is 2.13. The first-order valence-electron chi connectivity index (χ1n) is 7.11. The van der Waals surface area contributed by atoms with Crippen molar-refractivity contribution < 1.29 is 9.90 Å². The summed E-state index contributed by atoms with van der Waals surface area (Å²) in [5.74, 6) is 0.00714. The number of aromatic amines is 1. The van der Waals surface area contributed by atoms with Gasteiger partial charge in [-0.15, -0.1) is 0 Å². The van der Waals surface area contributed by atoms with E-state index < -0.39 is 0 Å². The van der Waals surface area contributed by atoms with Crippen LogP contribution in [0.15, 0.2) is 24.4 Å². The molecule has 1 heterocycles. The molecule has 0 saturated heterocycles. The maximum absolute atomic E-state index is 12.1. The van der Waals surface area contributed by atoms with Crippen LogP contribution in [-0.2, 0) is 11.2 Å². The lowest BCUT2D eigenvalue weighted by atomic mass is 10.1. The van der Waals surface area contributed by atoms with Crippen LogP contribution in [0.5, 0.6) is 0 Å². The van der Waals surface area contributed by atoms with Crippen LogP contribution in [0.25, 0.3) is 10.9 Å². The van der Waals surface area contributed by atoms with Crippen molar-refractivity contribution in [1.82, 2.24) is 10.3 Å². The SMILES string of the molecule is CCC(CCO)NC(=O)Cc1c[nH]c2c(C)cccc12. The van der Waals surface area contributed by atoms with Gasteiger partial charge in [0.15, 0.2) is 0 Å². The number of amides is 1. The molecule has 0 aliphatic heterocycles. The number of fused-ring (bicyclic) bond motifs is 1. The molecule has 2 aromatic rings. The summed E-state index contributed by atoms with van der Waals surface area (Å²) < 4.78 is 0. The topological polar surface area (TPSA) is 65.1 Å². The Bertz CT molecular complexity index is 589. The number of nitrogens with one attached hydrogen (secondary N) is 2. The second-order valence-electron chi connectivity index (χ2n) is 5.17. The van der Waals surface area contributed by atoms with Crippen LogP contribution in [-0.4, -0.2) is 28.6 Å². The fraction of sp³-hybridized carbons (Fsp3) is 0.438. The summed E-state index contributed by atoms with van der Waals surface area (Å²) in [5, 5.41) is 13.0. The van der Waals surface area contributed by atoms with E-state index in [-0.39, 0.29) is 18.6 Å². The third-order valence-electron chi connectivity index (χ3n) is 3.70. The molecule has 1 unspecified atom stereocenters. The number of carbonyl (C=O) groups is 1. The van der Waals surface area contributed by atoms with E-state index in [9.17, 15) is 4.79 Å². The number of aromatic nitrogens is 1. The normalized spacial score (nSPS) is 12.6. The zero-order valence-electron chi connectivity index (χ0n) is 12.1. The molecule has 1 aromatic carbocycles. The van der Waals surface area contributed by atoms with E-state index in [1.165, 1.54) is 5.56 Å². The van der Waals surface area contributed by atoms with Crippen LogP contribution in [0.2, 0.25) is 0 Å². The van der Waals surface area contributed by atoms with Crippen LogP contribution in [0.1, 0.15) is 30.9 Å². The van der Waals surface area contributed by atoms with E-state index in [2.05, 4.69) is 23.3 Å². The summed E-state index contributed by atoms with van der Waals surface area (Å²) in [7, 11) is 0. The van der Waals surface area contributed by atoms with Gasteiger partial charge in [0, 0.05) is 29.7 Å². The summed E-state index contributed by atoms with van der Waals surface area (Å²) in [6.07, 6.45) is 3.71. The Hall–Kier alpha value is -1.81. The molecule has 4 nitrogen and oxygen atoms in total. The molecule has 0 aliphatic rings. The van der Waals surface area contributed by atoms with Gasteiger partial charge >= 0.3 is 0 Å². The smallest absolute Gasteiger partial charge is 0.224 e. The van der Waals surface area contributed by atoms with Gasteiger partial charge in [-0.1, -0.05) is 25.1 Å². The Morgan fingerprint density at radius 3 is 2.95 bits per heavy atom. The fourth-order valence-electron chi connectivity index (χ4n) is 2.50. The molecule has 1 amide bonds. The van der Waals surface area contributed by atoms with Gasteiger partial charge in [0.05, 0.1) is 6.42 Å². The lowest BCUT2D eigenvalue weighted by Crippen LogP contribution is -2.36. The van der Waals surface area contributed by atoms with E-state index in [1.54, 1.807) is 0 Å². The monoisotopic (exact) mass is 274 g/mol. The molecule has 1 atom stereocenters. The van der Waals surface area contributed by atoms with Crippen LogP contribution < -0.4 is 5.32 Å². The maximum atomic E-state index is 12.1. The van der Waals surface area contributed by atoms with E-state index in [0.717, 1.165) is 22.9 Å². The van der Waals surface area contributed by atoms with Crippen LogP contribution in [0.3, 0.4) is 0 Å². The molecule has 1 aromatic heterocycles. The zero-order valence-corrected chi connectivity index (χ0v) is 12.1. The van der Waals surface area contributed by atoms with Crippen molar-refractivity contribution >= 4 is 16.8 Å². The first-order valence-corrected chi connectivity index (χ1v) is 7.11. The Balaban J connectivity index is 2.08. The third kappa shape index (κ3) is 3.20. The summed E-state index contributed by atoms with van der Waals surface area (Å²) in [4.78, 5) is 15.3. The van der Waals surface area contributed by atoms with Gasteiger partial charge in [0.2, 0.25) is 5.91 Å². The number of aliphatic hydroxyl groups excluding tert-OH is 1. The van der Waals surface area contributed by atoms with Crippen molar-refractivity contribution in [3.8, 4) is 0 Å². The second-order valence-corrected chi connectivity index (χ2v) is 5.17. The molecular formula is C16H22N2O2. The van der Waals surface area contributed by atoms with Gasteiger partial charge in [0.1, 0.15) is 0 Å². The Kier molecular flexibility index (Phi) is 4.79. The molecule has 3 N–H and O–H groups in total. The molecule has 0 aliphatic carbocycles. The predicted molar refractivity (Wildman–Crippen MR) is 80.7 cm³/mol. The number of aliphatic hydroxyl groups is 1.